The van der Waals surface area contributed by atoms with E-state index in [0.717, 1.165) is 22.5 Å². The van der Waals surface area contributed by atoms with Gasteiger partial charge in [-0.2, -0.15) is 5.10 Å². The molecule has 1 aliphatic heterocycles. The predicted molar refractivity (Wildman–Crippen MR) is 96.2 cm³/mol. The first-order valence-electron chi connectivity index (χ1n) is 7.90. The van der Waals surface area contributed by atoms with Crippen molar-refractivity contribution in [2.45, 2.75) is 6.92 Å². The number of hydrogen-bond donors (Lipinski definition) is 0. The molecule has 2 aromatic carbocycles. The van der Waals surface area contributed by atoms with Gasteiger partial charge in [0.1, 0.15) is 5.69 Å². The highest BCUT2D eigenvalue weighted by molar-refractivity contribution is 6.06. The van der Waals surface area contributed by atoms with Gasteiger partial charge in [-0.3, -0.25) is 0 Å². The minimum absolute atomic E-state index is 0.280. The molecule has 1 aromatic heterocycles. The second-order valence-electron chi connectivity index (χ2n) is 5.63. The summed E-state index contributed by atoms with van der Waals surface area (Å²) in [6.45, 7) is 1.66. The zero-order valence-electron chi connectivity index (χ0n) is 13.6. The first-order chi connectivity index (χ1) is 12.2. The molecule has 5 heteroatoms. The zero-order valence-corrected chi connectivity index (χ0v) is 13.6. The minimum atomic E-state index is -0.441. The molecule has 0 aliphatic carbocycles. The molecular formula is C20H15N3O2. The summed E-state index contributed by atoms with van der Waals surface area (Å²) in [4.78, 5) is 16.0. The number of rotatable bonds is 3. The summed E-state index contributed by atoms with van der Waals surface area (Å²) in [6, 6.07) is 19.7. The smallest absolute Gasteiger partial charge is 0.363 e. The molecule has 0 fully saturated rings. The molecule has 4 rings (SSSR count). The molecule has 0 saturated heterocycles. The molecule has 0 saturated carbocycles. The number of benzene rings is 2. The number of nitrogens with zero attached hydrogens (tertiary/aromatic N) is 3. The van der Waals surface area contributed by atoms with Crippen molar-refractivity contribution in [3.8, 4) is 16.9 Å². The van der Waals surface area contributed by atoms with E-state index in [-0.39, 0.29) is 5.70 Å². The molecular weight excluding hydrogens is 314 g/mol. The van der Waals surface area contributed by atoms with Gasteiger partial charge >= 0.3 is 5.97 Å². The van der Waals surface area contributed by atoms with Crippen LogP contribution in [0.5, 0.6) is 0 Å². The summed E-state index contributed by atoms with van der Waals surface area (Å²) in [7, 11) is 0. The average molecular weight is 329 g/mol. The fraction of sp³-hybridized carbons (Fsp3) is 0.0500. The second-order valence-corrected chi connectivity index (χ2v) is 5.63. The van der Waals surface area contributed by atoms with E-state index in [9.17, 15) is 4.79 Å². The Balaban J connectivity index is 1.86. The van der Waals surface area contributed by atoms with Crippen molar-refractivity contribution in [1.82, 2.24) is 9.78 Å². The van der Waals surface area contributed by atoms with Gasteiger partial charge in [-0.15, -0.1) is 0 Å². The number of para-hydroxylation sites is 1. The van der Waals surface area contributed by atoms with E-state index in [4.69, 9.17) is 9.84 Å². The van der Waals surface area contributed by atoms with Crippen LogP contribution in [-0.2, 0) is 9.53 Å². The summed E-state index contributed by atoms with van der Waals surface area (Å²) in [5.41, 5.74) is 3.78. The molecule has 5 nitrogen and oxygen atoms in total. The Labute approximate surface area is 144 Å². The first kappa shape index (κ1) is 15.1. The Morgan fingerprint density at radius 3 is 2.32 bits per heavy atom. The molecule has 0 amide bonds. The Morgan fingerprint density at radius 1 is 1.00 bits per heavy atom. The van der Waals surface area contributed by atoms with Gasteiger partial charge in [0.15, 0.2) is 11.6 Å². The van der Waals surface area contributed by atoms with E-state index in [1.54, 1.807) is 17.7 Å². The lowest BCUT2D eigenvalue weighted by molar-refractivity contribution is -0.130. The molecule has 0 bridgehead atoms. The standard InChI is InChI=1S/C20H15N3O2/c1-14-21-18(20(24)25-14)12-16-13-23(17-10-6-3-7-11-17)22-19(16)15-8-4-2-5-9-15/h2-13H,1H3/b18-12-. The quantitative estimate of drug-likeness (QED) is 0.541. The Kier molecular flexibility index (Phi) is 3.74. The van der Waals surface area contributed by atoms with Crippen LogP contribution in [0.2, 0.25) is 0 Å². The van der Waals surface area contributed by atoms with Crippen LogP contribution >= 0.6 is 0 Å². The zero-order chi connectivity index (χ0) is 17.2. The highest BCUT2D eigenvalue weighted by Gasteiger charge is 2.21. The van der Waals surface area contributed by atoms with Crippen molar-refractivity contribution in [2.24, 2.45) is 4.99 Å². The van der Waals surface area contributed by atoms with E-state index < -0.39 is 5.97 Å². The van der Waals surface area contributed by atoms with Gasteiger partial charge in [-0.25, -0.2) is 14.5 Å². The number of carbonyl (C=O) groups excluding carboxylic acids is 1. The van der Waals surface area contributed by atoms with Crippen molar-refractivity contribution in [2.75, 3.05) is 0 Å². The molecule has 1 aliphatic rings. The topological polar surface area (TPSA) is 56.5 Å². The van der Waals surface area contributed by atoms with Crippen molar-refractivity contribution >= 4 is 17.9 Å². The van der Waals surface area contributed by atoms with Gasteiger partial charge in [-0.1, -0.05) is 48.5 Å². The molecule has 122 valence electrons. The monoisotopic (exact) mass is 329 g/mol. The van der Waals surface area contributed by atoms with E-state index in [1.807, 2.05) is 66.9 Å². The molecule has 0 N–H and O–H groups in total. The predicted octanol–water partition coefficient (Wildman–Crippen LogP) is 3.86. The number of cyclic esters (lactones) is 1. The highest BCUT2D eigenvalue weighted by Crippen LogP contribution is 2.27. The lowest BCUT2D eigenvalue weighted by Gasteiger charge is -2.00. The lowest BCUT2D eigenvalue weighted by atomic mass is 10.1. The third-order valence-electron chi connectivity index (χ3n) is 3.83. The maximum absolute atomic E-state index is 11.9. The lowest BCUT2D eigenvalue weighted by Crippen LogP contribution is -1.99. The number of hydrogen-bond acceptors (Lipinski definition) is 4. The van der Waals surface area contributed by atoms with Crippen molar-refractivity contribution in [3.05, 3.63) is 78.1 Å². The second kappa shape index (κ2) is 6.20. The summed E-state index contributed by atoms with van der Waals surface area (Å²) >= 11 is 0. The molecule has 3 aromatic rings. The number of carbonyl (C=O) groups is 1. The number of ether oxygens (including phenoxy) is 1. The van der Waals surface area contributed by atoms with E-state index in [0.29, 0.717) is 5.90 Å². The third kappa shape index (κ3) is 2.99. The van der Waals surface area contributed by atoms with Gasteiger partial charge < -0.3 is 4.74 Å². The number of aliphatic imine (C=N–C) groups is 1. The van der Waals surface area contributed by atoms with Gasteiger partial charge in [0.05, 0.1) is 5.69 Å². The minimum Gasteiger partial charge on any atom is -0.407 e. The largest absolute Gasteiger partial charge is 0.407 e. The van der Waals surface area contributed by atoms with Gasteiger partial charge in [0.25, 0.3) is 0 Å². The van der Waals surface area contributed by atoms with Crippen LogP contribution in [0.3, 0.4) is 0 Å². The number of aromatic nitrogens is 2. The van der Waals surface area contributed by atoms with Crippen LogP contribution in [0, 0.1) is 0 Å². The van der Waals surface area contributed by atoms with E-state index in [1.165, 1.54) is 0 Å². The third-order valence-corrected chi connectivity index (χ3v) is 3.83. The molecule has 0 spiro atoms. The van der Waals surface area contributed by atoms with Crippen LogP contribution in [0.4, 0.5) is 0 Å². The van der Waals surface area contributed by atoms with Crippen LogP contribution in [-0.4, -0.2) is 21.6 Å². The maximum atomic E-state index is 11.9. The molecule has 0 atom stereocenters. The fourth-order valence-electron chi connectivity index (χ4n) is 2.69. The summed E-state index contributed by atoms with van der Waals surface area (Å²) in [5, 5.41) is 4.71. The SMILES string of the molecule is CC1=N/C(=C\c2cn(-c3ccccc3)nc2-c2ccccc2)C(=O)O1. The van der Waals surface area contributed by atoms with Gasteiger partial charge in [0.2, 0.25) is 0 Å². The van der Waals surface area contributed by atoms with Crippen LogP contribution < -0.4 is 0 Å². The normalized spacial score (nSPS) is 15.3. The van der Waals surface area contributed by atoms with E-state index >= 15 is 0 Å². The average Bonchev–Trinajstić information content (AvgIpc) is 3.20. The maximum Gasteiger partial charge on any atom is 0.363 e. The summed E-state index contributed by atoms with van der Waals surface area (Å²) in [6.07, 6.45) is 3.61. The van der Waals surface area contributed by atoms with Crippen LogP contribution in [0.25, 0.3) is 23.0 Å². The molecule has 0 radical (unpaired) electrons. The first-order valence-corrected chi connectivity index (χ1v) is 7.90. The van der Waals surface area contributed by atoms with Crippen molar-refractivity contribution in [3.63, 3.8) is 0 Å². The van der Waals surface area contributed by atoms with Crippen molar-refractivity contribution in [1.29, 1.82) is 0 Å². The van der Waals surface area contributed by atoms with E-state index in [2.05, 4.69) is 4.99 Å². The Morgan fingerprint density at radius 2 is 1.68 bits per heavy atom. The summed E-state index contributed by atoms with van der Waals surface area (Å²) in [5.74, 6) is -0.0862. The summed E-state index contributed by atoms with van der Waals surface area (Å²) < 4.78 is 6.80. The van der Waals surface area contributed by atoms with Crippen molar-refractivity contribution < 1.29 is 9.53 Å². The van der Waals surface area contributed by atoms with Gasteiger partial charge in [0, 0.05) is 24.2 Å². The molecule has 25 heavy (non-hydrogen) atoms. The van der Waals surface area contributed by atoms with Crippen LogP contribution in [0.1, 0.15) is 12.5 Å². The fourth-order valence-corrected chi connectivity index (χ4v) is 2.69. The van der Waals surface area contributed by atoms with Gasteiger partial charge in [-0.05, 0) is 18.2 Å². The molecule has 0 unspecified atom stereocenters. The number of esters is 1. The molecule has 2 heterocycles. The highest BCUT2D eigenvalue weighted by atomic mass is 16.6. The Hall–Kier alpha value is -3.47. The van der Waals surface area contributed by atoms with Crippen LogP contribution in [0.15, 0.2) is 77.5 Å². The Bertz CT molecular complexity index is 986.